The fraction of sp³-hybridized carbons (Fsp3) is 0.286. The monoisotopic (exact) mass is 431 g/mol. The van der Waals surface area contributed by atoms with Gasteiger partial charge in [0.15, 0.2) is 11.5 Å². The number of amides is 3. The Labute approximate surface area is 179 Å². The van der Waals surface area contributed by atoms with Gasteiger partial charge in [0, 0.05) is 6.07 Å². The van der Waals surface area contributed by atoms with E-state index in [9.17, 15) is 14.4 Å². The molecule has 3 amide bonds. The van der Waals surface area contributed by atoms with Crippen molar-refractivity contribution in [2.75, 3.05) is 38.0 Å². The molecule has 0 radical (unpaired) electrons. The van der Waals surface area contributed by atoms with E-state index >= 15 is 0 Å². The van der Waals surface area contributed by atoms with Gasteiger partial charge >= 0.3 is 0 Å². The van der Waals surface area contributed by atoms with Gasteiger partial charge in [0.25, 0.3) is 5.91 Å². The molecule has 2 aromatic rings. The number of hydrogen-bond acceptors (Lipinski definition) is 6. The van der Waals surface area contributed by atoms with Gasteiger partial charge in [0.05, 0.1) is 49.6 Å². The molecule has 0 aromatic heterocycles. The Bertz CT molecular complexity index is 981. The molecule has 0 saturated carbocycles. The Morgan fingerprint density at radius 2 is 1.87 bits per heavy atom. The summed E-state index contributed by atoms with van der Waals surface area (Å²) in [4.78, 5) is 40.5. The number of benzene rings is 2. The van der Waals surface area contributed by atoms with E-state index in [1.807, 2.05) is 0 Å². The highest BCUT2D eigenvalue weighted by molar-refractivity contribution is 6.33. The predicted octanol–water partition coefficient (Wildman–Crippen LogP) is 2.56. The van der Waals surface area contributed by atoms with Crippen LogP contribution >= 0.6 is 11.6 Å². The highest BCUT2D eigenvalue weighted by Gasteiger charge is 2.42. The first-order valence-electron chi connectivity index (χ1n) is 9.19. The van der Waals surface area contributed by atoms with Crippen molar-refractivity contribution in [3.05, 3.63) is 47.5 Å². The van der Waals surface area contributed by atoms with Crippen molar-refractivity contribution in [3.8, 4) is 11.5 Å². The molecule has 2 aromatic carbocycles. The molecule has 30 heavy (non-hydrogen) atoms. The zero-order valence-electron chi connectivity index (χ0n) is 16.8. The molecule has 8 nitrogen and oxygen atoms in total. The Hall–Kier alpha value is -3.10. The van der Waals surface area contributed by atoms with Crippen LogP contribution in [-0.4, -0.2) is 56.5 Å². The second kappa shape index (κ2) is 9.15. The maximum Gasteiger partial charge on any atom is 0.251 e. The van der Waals surface area contributed by atoms with Gasteiger partial charge in [-0.1, -0.05) is 23.7 Å². The first-order valence-corrected chi connectivity index (χ1v) is 9.57. The van der Waals surface area contributed by atoms with Crippen LogP contribution in [0.15, 0.2) is 42.5 Å². The summed E-state index contributed by atoms with van der Waals surface area (Å²) in [6.07, 6.45) is -0.0248. The van der Waals surface area contributed by atoms with E-state index < -0.39 is 11.9 Å². The maximum absolute atomic E-state index is 12.9. The summed E-state index contributed by atoms with van der Waals surface area (Å²) in [5.41, 5.74) is 0.873. The molecule has 0 aliphatic carbocycles. The van der Waals surface area contributed by atoms with E-state index in [2.05, 4.69) is 5.32 Å². The second-order valence-electron chi connectivity index (χ2n) is 6.77. The minimum Gasteiger partial charge on any atom is -0.493 e. The first-order chi connectivity index (χ1) is 14.3. The summed E-state index contributed by atoms with van der Waals surface area (Å²) in [6, 6.07) is 10.9. The van der Waals surface area contributed by atoms with Crippen LogP contribution < -0.4 is 19.7 Å². The number of halogens is 1. The molecule has 9 heteroatoms. The lowest BCUT2D eigenvalue weighted by Gasteiger charge is -2.22. The molecule has 1 aliphatic heterocycles. The second-order valence-corrected chi connectivity index (χ2v) is 7.18. The van der Waals surface area contributed by atoms with Crippen LogP contribution in [0.25, 0.3) is 0 Å². The van der Waals surface area contributed by atoms with Gasteiger partial charge in [-0.25, -0.2) is 4.90 Å². The molecule has 3 rings (SSSR count). The summed E-state index contributed by atoms with van der Waals surface area (Å²) in [5.74, 6) is -0.192. The van der Waals surface area contributed by atoms with Crippen LogP contribution in [0.5, 0.6) is 11.5 Å². The minimum absolute atomic E-state index is 0.0248. The number of nitrogens with zero attached hydrogens (tertiary/aromatic N) is 2. The molecular weight excluding hydrogens is 410 g/mol. The maximum atomic E-state index is 12.9. The lowest BCUT2D eigenvalue weighted by molar-refractivity contribution is -0.123. The fourth-order valence-electron chi connectivity index (χ4n) is 3.28. The van der Waals surface area contributed by atoms with Gasteiger partial charge in [-0.15, -0.1) is 0 Å². The number of rotatable bonds is 7. The molecule has 1 unspecified atom stereocenters. The summed E-state index contributed by atoms with van der Waals surface area (Å²) in [6.45, 7) is -0.0747. The zero-order valence-corrected chi connectivity index (χ0v) is 17.6. The zero-order chi connectivity index (χ0) is 21.8. The Balaban J connectivity index is 1.71. The van der Waals surface area contributed by atoms with Crippen LogP contribution in [0.1, 0.15) is 6.42 Å². The van der Waals surface area contributed by atoms with Crippen molar-refractivity contribution in [1.29, 1.82) is 0 Å². The third-order valence-corrected chi connectivity index (χ3v) is 5.15. The smallest absolute Gasteiger partial charge is 0.251 e. The highest BCUT2D eigenvalue weighted by Crippen LogP contribution is 2.34. The van der Waals surface area contributed by atoms with Gasteiger partial charge in [-0.05, 0) is 31.3 Å². The molecular formula is C21H22ClN3O5. The third-order valence-electron chi connectivity index (χ3n) is 4.82. The lowest BCUT2D eigenvalue weighted by atomic mass is 10.2. The number of nitrogens with one attached hydrogen (secondary N) is 1. The average molecular weight is 432 g/mol. The number of carbonyl (C=O) groups excluding carboxylic acids is 3. The molecule has 1 heterocycles. The summed E-state index contributed by atoms with van der Waals surface area (Å²) >= 11 is 6.05. The van der Waals surface area contributed by atoms with Gasteiger partial charge in [-0.3, -0.25) is 19.3 Å². The van der Waals surface area contributed by atoms with Crippen LogP contribution in [-0.2, 0) is 14.4 Å². The number of imide groups is 1. The van der Waals surface area contributed by atoms with E-state index in [4.69, 9.17) is 21.1 Å². The lowest BCUT2D eigenvalue weighted by Crippen LogP contribution is -2.43. The molecule has 0 spiro atoms. The first kappa shape index (κ1) is 21.6. The Kier molecular flexibility index (Phi) is 6.59. The van der Waals surface area contributed by atoms with Gasteiger partial charge < -0.3 is 14.8 Å². The van der Waals surface area contributed by atoms with E-state index in [-0.39, 0.29) is 24.8 Å². The van der Waals surface area contributed by atoms with Crippen molar-refractivity contribution in [3.63, 3.8) is 0 Å². The minimum atomic E-state index is -0.748. The standard InChI is InChI=1S/C21H22ClN3O5/c1-24(12-19(26)23-15-7-5-4-6-14(15)22)16-11-20(27)25(21(16)28)13-8-9-17(29-2)18(10-13)30-3/h4-10,16H,11-12H2,1-3H3,(H,23,26). The molecule has 1 aliphatic rings. The highest BCUT2D eigenvalue weighted by atomic mass is 35.5. The third kappa shape index (κ3) is 4.39. The fourth-order valence-corrected chi connectivity index (χ4v) is 3.47. The number of hydrogen-bond donors (Lipinski definition) is 1. The number of ether oxygens (including phenoxy) is 2. The molecule has 1 N–H and O–H groups in total. The van der Waals surface area contributed by atoms with Crippen molar-refractivity contribution < 1.29 is 23.9 Å². The Morgan fingerprint density at radius 1 is 1.17 bits per heavy atom. The predicted molar refractivity (Wildman–Crippen MR) is 113 cm³/mol. The number of para-hydroxylation sites is 1. The van der Waals surface area contributed by atoms with Crippen molar-refractivity contribution in [2.24, 2.45) is 0 Å². The Morgan fingerprint density at radius 3 is 2.53 bits per heavy atom. The topological polar surface area (TPSA) is 88.2 Å². The van der Waals surface area contributed by atoms with E-state index in [0.717, 1.165) is 4.90 Å². The van der Waals surface area contributed by atoms with E-state index in [1.165, 1.54) is 14.2 Å². The van der Waals surface area contributed by atoms with Gasteiger partial charge in [0.1, 0.15) is 0 Å². The number of methoxy groups -OCH3 is 2. The average Bonchev–Trinajstić information content (AvgIpc) is 3.03. The quantitative estimate of drug-likeness (QED) is 0.678. The molecule has 158 valence electrons. The van der Waals surface area contributed by atoms with Crippen molar-refractivity contribution in [1.82, 2.24) is 4.90 Å². The summed E-state index contributed by atoms with van der Waals surface area (Å²) in [7, 11) is 4.60. The van der Waals surface area contributed by atoms with Crippen molar-refractivity contribution in [2.45, 2.75) is 12.5 Å². The molecule has 0 bridgehead atoms. The van der Waals surface area contributed by atoms with Crippen molar-refractivity contribution >= 4 is 40.7 Å². The number of anilines is 2. The molecule has 1 fully saturated rings. The van der Waals surface area contributed by atoms with Crippen LogP contribution in [0.4, 0.5) is 11.4 Å². The normalized spacial score (nSPS) is 16.2. The summed E-state index contributed by atoms with van der Waals surface area (Å²) in [5, 5.41) is 3.13. The summed E-state index contributed by atoms with van der Waals surface area (Å²) < 4.78 is 10.4. The van der Waals surface area contributed by atoms with Crippen LogP contribution in [0.2, 0.25) is 5.02 Å². The van der Waals surface area contributed by atoms with Crippen LogP contribution in [0.3, 0.4) is 0 Å². The van der Waals surface area contributed by atoms with Gasteiger partial charge in [0.2, 0.25) is 11.8 Å². The van der Waals surface area contributed by atoms with E-state index in [0.29, 0.717) is 27.9 Å². The molecule has 1 saturated heterocycles. The van der Waals surface area contributed by atoms with Crippen LogP contribution in [0, 0.1) is 0 Å². The van der Waals surface area contributed by atoms with E-state index in [1.54, 1.807) is 54.4 Å². The number of carbonyl (C=O) groups is 3. The van der Waals surface area contributed by atoms with Gasteiger partial charge in [-0.2, -0.15) is 0 Å². The largest absolute Gasteiger partial charge is 0.493 e. The number of likely N-dealkylation sites (N-methyl/N-ethyl adjacent to an activating group) is 1. The molecule has 1 atom stereocenters. The SMILES string of the molecule is COc1ccc(N2C(=O)CC(N(C)CC(=O)Nc3ccccc3Cl)C2=O)cc1OC.